The van der Waals surface area contributed by atoms with Gasteiger partial charge in [0.1, 0.15) is 17.3 Å². The predicted octanol–water partition coefficient (Wildman–Crippen LogP) is 4.02. The zero-order chi connectivity index (χ0) is 23.4. The van der Waals surface area contributed by atoms with Gasteiger partial charge in [0.25, 0.3) is 5.91 Å². The van der Waals surface area contributed by atoms with Crippen molar-refractivity contribution in [2.45, 2.75) is 56.7 Å². The largest absolute Gasteiger partial charge is 0.484 e. The summed E-state index contributed by atoms with van der Waals surface area (Å²) in [5.74, 6) is 0.380. The summed E-state index contributed by atoms with van der Waals surface area (Å²) in [5.41, 5.74) is 7.28. The molecular weight excluding hydrogens is 447 g/mol. The zero-order valence-electron chi connectivity index (χ0n) is 18.3. The molecule has 1 aliphatic heterocycles. The van der Waals surface area contributed by atoms with Crippen LogP contribution in [0.2, 0.25) is 5.02 Å². The molecule has 3 N–H and O–H groups in total. The number of ketones is 1. The molecule has 1 heterocycles. The van der Waals surface area contributed by atoms with Crippen LogP contribution in [0, 0.1) is 18.2 Å². The Balaban J connectivity index is 1.10. The summed E-state index contributed by atoms with van der Waals surface area (Å²) in [5, 5.41) is 3.62. The van der Waals surface area contributed by atoms with Crippen molar-refractivity contribution < 1.29 is 23.5 Å². The minimum Gasteiger partial charge on any atom is -0.484 e. The molecule has 0 saturated heterocycles. The van der Waals surface area contributed by atoms with Gasteiger partial charge in [0.15, 0.2) is 18.5 Å². The third-order valence-electron chi connectivity index (χ3n) is 7.07. The van der Waals surface area contributed by atoms with E-state index in [-0.39, 0.29) is 41.1 Å². The van der Waals surface area contributed by atoms with Gasteiger partial charge in [-0.15, -0.1) is 0 Å². The number of aryl methyl sites for hydroxylation is 1. The predicted molar refractivity (Wildman–Crippen MR) is 121 cm³/mol. The second-order valence-electron chi connectivity index (χ2n) is 9.83. The van der Waals surface area contributed by atoms with Gasteiger partial charge in [0, 0.05) is 41.1 Å². The van der Waals surface area contributed by atoms with Crippen molar-refractivity contribution in [2.75, 3.05) is 6.61 Å². The molecule has 2 atom stereocenters. The summed E-state index contributed by atoms with van der Waals surface area (Å²) in [7, 11) is 0. The highest BCUT2D eigenvalue weighted by Crippen LogP contribution is 2.69. The second kappa shape index (κ2) is 7.99. The molecule has 174 valence electrons. The lowest BCUT2D eigenvalue weighted by atomic mass is 9.38. The molecule has 6 nitrogen and oxygen atoms in total. The van der Waals surface area contributed by atoms with E-state index in [2.05, 4.69) is 5.32 Å². The third-order valence-corrected chi connectivity index (χ3v) is 7.31. The van der Waals surface area contributed by atoms with Crippen LogP contribution < -0.4 is 20.5 Å². The van der Waals surface area contributed by atoms with Crippen LogP contribution in [0.3, 0.4) is 0 Å². The quantitative estimate of drug-likeness (QED) is 0.635. The van der Waals surface area contributed by atoms with E-state index in [0.29, 0.717) is 34.9 Å². The van der Waals surface area contributed by atoms with E-state index in [4.69, 9.17) is 26.8 Å². The first kappa shape index (κ1) is 22.2. The lowest BCUT2D eigenvalue weighted by Gasteiger charge is -2.70. The molecule has 2 unspecified atom stereocenters. The number of carbonyl (C=O) groups excluding carboxylic acids is 2. The van der Waals surface area contributed by atoms with Crippen molar-refractivity contribution >= 4 is 23.3 Å². The van der Waals surface area contributed by atoms with Gasteiger partial charge in [-0.25, -0.2) is 4.39 Å². The molecule has 0 spiro atoms. The Morgan fingerprint density at radius 1 is 1.24 bits per heavy atom. The molecule has 33 heavy (non-hydrogen) atoms. The van der Waals surface area contributed by atoms with Gasteiger partial charge < -0.3 is 20.5 Å². The molecule has 1 amide bonds. The molecule has 0 aromatic heterocycles. The number of ether oxygens (including phenoxy) is 2. The Morgan fingerprint density at radius 3 is 2.73 bits per heavy atom. The maximum absolute atomic E-state index is 13.6. The summed E-state index contributed by atoms with van der Waals surface area (Å²) in [6.45, 7) is 1.49. The average molecular weight is 473 g/mol. The standard InChI is InChI=1S/C25H26ClFN2O4/c1-14-2-4-16(7-18(14)27)32-10-23(31)29-25-11-24(12-25,13-25)9-20(30)22-8-19(28)17-6-15(26)3-5-21(17)33-22/h2-7,19,22H,8-13,28H2,1H3,(H,29,31). The van der Waals surface area contributed by atoms with Crippen LogP contribution in [-0.4, -0.2) is 29.9 Å². The number of halogens is 2. The third kappa shape index (κ3) is 4.20. The zero-order valence-corrected chi connectivity index (χ0v) is 19.1. The van der Waals surface area contributed by atoms with Crippen LogP contribution in [0.5, 0.6) is 11.5 Å². The molecule has 3 aliphatic carbocycles. The van der Waals surface area contributed by atoms with E-state index in [0.717, 1.165) is 24.8 Å². The minimum absolute atomic E-state index is 0.0513. The molecule has 8 heteroatoms. The number of carbonyl (C=O) groups is 2. The first-order valence-corrected chi connectivity index (χ1v) is 11.5. The molecule has 2 aromatic carbocycles. The number of rotatable bonds is 7. The smallest absolute Gasteiger partial charge is 0.258 e. The summed E-state index contributed by atoms with van der Waals surface area (Å²) >= 11 is 6.04. The van der Waals surface area contributed by atoms with Gasteiger partial charge in [-0.05, 0) is 61.4 Å². The van der Waals surface area contributed by atoms with E-state index in [9.17, 15) is 14.0 Å². The summed E-state index contributed by atoms with van der Waals surface area (Å²) in [6, 6.07) is 9.51. The molecule has 6 rings (SSSR count). The molecule has 2 aromatic rings. The van der Waals surface area contributed by atoms with Crippen LogP contribution in [0.4, 0.5) is 4.39 Å². The van der Waals surface area contributed by atoms with Crippen LogP contribution in [-0.2, 0) is 9.59 Å². The highest BCUT2D eigenvalue weighted by atomic mass is 35.5. The highest BCUT2D eigenvalue weighted by molar-refractivity contribution is 6.30. The van der Waals surface area contributed by atoms with E-state index < -0.39 is 6.10 Å². The minimum atomic E-state index is -0.559. The summed E-state index contributed by atoms with van der Waals surface area (Å²) < 4.78 is 24.9. The van der Waals surface area contributed by atoms with Gasteiger partial charge in [0.05, 0.1) is 0 Å². The Labute approximate surface area is 196 Å². The monoisotopic (exact) mass is 472 g/mol. The average Bonchev–Trinajstić information content (AvgIpc) is 2.72. The van der Waals surface area contributed by atoms with Crippen LogP contribution in [0.15, 0.2) is 36.4 Å². The van der Waals surface area contributed by atoms with Crippen LogP contribution in [0.25, 0.3) is 0 Å². The Kier molecular flexibility index (Phi) is 5.37. The van der Waals surface area contributed by atoms with Gasteiger partial charge in [0.2, 0.25) is 0 Å². The Hall–Kier alpha value is -2.64. The number of hydrogen-bond donors (Lipinski definition) is 2. The molecule has 0 radical (unpaired) electrons. The van der Waals surface area contributed by atoms with E-state index in [1.165, 1.54) is 6.07 Å². The topological polar surface area (TPSA) is 90.7 Å². The number of Topliss-reactive ketones (excluding diaryl/α,β-unsaturated/α-hetero) is 1. The van der Waals surface area contributed by atoms with E-state index in [1.807, 2.05) is 0 Å². The fraction of sp³-hybridized carbons (Fsp3) is 0.440. The first-order valence-electron chi connectivity index (χ1n) is 11.1. The number of nitrogens with one attached hydrogen (secondary N) is 1. The van der Waals surface area contributed by atoms with E-state index in [1.54, 1.807) is 37.3 Å². The molecule has 3 saturated carbocycles. The second-order valence-corrected chi connectivity index (χ2v) is 10.3. The van der Waals surface area contributed by atoms with Crippen LogP contribution >= 0.6 is 11.6 Å². The van der Waals surface area contributed by atoms with Crippen LogP contribution in [0.1, 0.15) is 49.3 Å². The SMILES string of the molecule is Cc1ccc(OCC(=O)NC23CC(CC(=O)C4CC(N)c5cc(Cl)ccc5O4)(C2)C3)cc1F. The number of amides is 1. The van der Waals surface area contributed by atoms with Gasteiger partial charge in [-0.2, -0.15) is 0 Å². The van der Waals surface area contributed by atoms with Gasteiger partial charge in [-0.3, -0.25) is 9.59 Å². The normalized spacial score (nSPS) is 29.1. The maximum Gasteiger partial charge on any atom is 0.258 e. The van der Waals surface area contributed by atoms with Crippen molar-refractivity contribution in [2.24, 2.45) is 11.1 Å². The number of fused-ring (bicyclic) bond motifs is 1. The maximum atomic E-state index is 13.6. The molecular formula is C25H26ClFN2O4. The van der Waals surface area contributed by atoms with Crippen molar-refractivity contribution in [3.8, 4) is 11.5 Å². The Morgan fingerprint density at radius 2 is 2.00 bits per heavy atom. The number of hydrogen-bond acceptors (Lipinski definition) is 5. The van der Waals surface area contributed by atoms with E-state index >= 15 is 0 Å². The fourth-order valence-electron chi connectivity index (χ4n) is 5.62. The molecule has 4 aliphatic rings. The van der Waals surface area contributed by atoms with Crippen molar-refractivity contribution in [3.05, 3.63) is 58.4 Å². The van der Waals surface area contributed by atoms with Gasteiger partial charge in [-0.1, -0.05) is 17.7 Å². The van der Waals surface area contributed by atoms with Crippen molar-refractivity contribution in [1.29, 1.82) is 0 Å². The fourth-order valence-corrected chi connectivity index (χ4v) is 5.80. The number of nitrogens with two attached hydrogens (primary N) is 1. The summed E-state index contributed by atoms with van der Waals surface area (Å²) in [4.78, 5) is 25.3. The van der Waals surface area contributed by atoms with Crippen molar-refractivity contribution in [1.82, 2.24) is 5.32 Å². The lowest BCUT2D eigenvalue weighted by molar-refractivity contribution is -0.175. The highest BCUT2D eigenvalue weighted by Gasteiger charge is 2.68. The Bertz CT molecular complexity index is 1120. The first-order chi connectivity index (χ1) is 15.7. The van der Waals surface area contributed by atoms with Gasteiger partial charge >= 0.3 is 0 Å². The number of benzene rings is 2. The lowest BCUT2D eigenvalue weighted by Crippen LogP contribution is -2.75. The summed E-state index contributed by atoms with van der Waals surface area (Å²) in [6.07, 6.45) is 2.59. The molecule has 2 bridgehead atoms. The molecule has 3 fully saturated rings. The van der Waals surface area contributed by atoms with Crippen molar-refractivity contribution in [3.63, 3.8) is 0 Å².